The molecule has 2 heterocycles. The first kappa shape index (κ1) is 12.2. The Hall–Kier alpha value is -1.88. The minimum Gasteiger partial charge on any atom is -0.479 e. The number of hydrogen-bond acceptors (Lipinski definition) is 2. The third-order valence-corrected chi connectivity index (χ3v) is 3.52. The molecule has 1 N–H and O–H groups in total. The second-order valence-electron chi connectivity index (χ2n) is 4.83. The van der Waals surface area contributed by atoms with E-state index < -0.39 is 12.1 Å². The van der Waals surface area contributed by atoms with E-state index in [1.54, 1.807) is 6.07 Å². The normalized spacial score (nSPS) is 23.0. The van der Waals surface area contributed by atoms with Crippen molar-refractivity contribution in [2.24, 2.45) is 0 Å². The van der Waals surface area contributed by atoms with Gasteiger partial charge in [-0.15, -0.1) is 0 Å². The first-order valence-electron chi connectivity index (χ1n) is 6.26. The standard InChI is InChI=1S/C14H14FNO3/c15-10-1-3-12-9(7-10)5-6-16(12)8-11-2-4-13(19-11)14(17)18/h1,3,5-7,11,13H,2,4,8H2,(H,17,18). The number of nitrogens with zero attached hydrogens (tertiary/aromatic N) is 1. The lowest BCUT2D eigenvalue weighted by molar-refractivity contribution is -0.149. The number of fused-ring (bicyclic) bond motifs is 1. The third kappa shape index (κ3) is 2.33. The summed E-state index contributed by atoms with van der Waals surface area (Å²) in [5.41, 5.74) is 0.934. The minimum atomic E-state index is -0.901. The molecule has 1 saturated heterocycles. The van der Waals surface area contributed by atoms with E-state index in [0.29, 0.717) is 13.0 Å². The van der Waals surface area contributed by atoms with Gasteiger partial charge in [-0.05, 0) is 37.1 Å². The van der Waals surface area contributed by atoms with Crippen molar-refractivity contribution in [3.05, 3.63) is 36.3 Å². The summed E-state index contributed by atoms with van der Waals surface area (Å²) in [5, 5.41) is 9.73. The Morgan fingerprint density at radius 1 is 1.42 bits per heavy atom. The number of carboxylic acid groups (broad SMARTS) is 1. The highest BCUT2D eigenvalue weighted by molar-refractivity contribution is 5.80. The highest BCUT2D eigenvalue weighted by atomic mass is 19.1. The molecule has 100 valence electrons. The molecule has 1 aliphatic heterocycles. The van der Waals surface area contributed by atoms with Crippen LogP contribution in [-0.2, 0) is 16.1 Å². The van der Waals surface area contributed by atoms with Gasteiger partial charge in [-0.1, -0.05) is 0 Å². The molecule has 0 amide bonds. The molecule has 19 heavy (non-hydrogen) atoms. The molecule has 2 unspecified atom stereocenters. The predicted molar refractivity (Wildman–Crippen MR) is 67.4 cm³/mol. The zero-order valence-corrected chi connectivity index (χ0v) is 10.3. The van der Waals surface area contributed by atoms with Crippen LogP contribution in [0.2, 0.25) is 0 Å². The van der Waals surface area contributed by atoms with Gasteiger partial charge in [0.1, 0.15) is 5.82 Å². The van der Waals surface area contributed by atoms with E-state index in [0.717, 1.165) is 17.3 Å². The number of carbonyl (C=O) groups is 1. The Morgan fingerprint density at radius 3 is 3.00 bits per heavy atom. The molecule has 1 aromatic heterocycles. The zero-order valence-electron chi connectivity index (χ0n) is 10.3. The Kier molecular flexibility index (Phi) is 2.98. The van der Waals surface area contributed by atoms with Crippen LogP contribution in [0.5, 0.6) is 0 Å². The van der Waals surface area contributed by atoms with Crippen LogP contribution >= 0.6 is 0 Å². The summed E-state index contributed by atoms with van der Waals surface area (Å²) in [5.74, 6) is -1.16. The summed E-state index contributed by atoms with van der Waals surface area (Å²) >= 11 is 0. The van der Waals surface area contributed by atoms with Gasteiger partial charge in [-0.25, -0.2) is 9.18 Å². The van der Waals surface area contributed by atoms with Crippen molar-refractivity contribution in [2.45, 2.75) is 31.6 Å². The highest BCUT2D eigenvalue weighted by Gasteiger charge is 2.30. The number of aromatic nitrogens is 1. The van der Waals surface area contributed by atoms with E-state index in [2.05, 4.69) is 0 Å². The maximum absolute atomic E-state index is 13.1. The average Bonchev–Trinajstić information content (AvgIpc) is 2.97. The molecule has 0 aliphatic carbocycles. The minimum absolute atomic E-state index is 0.0956. The van der Waals surface area contributed by atoms with Gasteiger partial charge in [0.2, 0.25) is 0 Å². The second kappa shape index (κ2) is 4.66. The van der Waals surface area contributed by atoms with Crippen molar-refractivity contribution >= 4 is 16.9 Å². The lowest BCUT2D eigenvalue weighted by Crippen LogP contribution is -2.22. The highest BCUT2D eigenvalue weighted by Crippen LogP contribution is 2.24. The molecular formula is C14H14FNO3. The summed E-state index contributed by atoms with van der Waals surface area (Å²) in [6.07, 6.45) is 2.37. The van der Waals surface area contributed by atoms with Gasteiger partial charge in [0.25, 0.3) is 0 Å². The maximum atomic E-state index is 13.1. The number of halogens is 1. The van der Waals surface area contributed by atoms with Crippen LogP contribution < -0.4 is 0 Å². The summed E-state index contributed by atoms with van der Waals surface area (Å²) in [7, 11) is 0. The lowest BCUT2D eigenvalue weighted by Gasteiger charge is -2.13. The zero-order chi connectivity index (χ0) is 13.4. The van der Waals surface area contributed by atoms with E-state index in [-0.39, 0.29) is 11.9 Å². The summed E-state index contributed by atoms with van der Waals surface area (Å²) in [6, 6.07) is 6.49. The number of hydrogen-bond donors (Lipinski definition) is 1. The van der Waals surface area contributed by atoms with Crippen LogP contribution in [0, 0.1) is 5.82 Å². The summed E-state index contributed by atoms with van der Waals surface area (Å²) in [4.78, 5) is 10.8. The topological polar surface area (TPSA) is 51.5 Å². The lowest BCUT2D eigenvalue weighted by atomic mass is 10.2. The molecule has 5 heteroatoms. The number of aliphatic carboxylic acids is 1. The molecule has 0 spiro atoms. The van der Waals surface area contributed by atoms with Crippen LogP contribution in [-0.4, -0.2) is 27.9 Å². The van der Waals surface area contributed by atoms with Crippen LogP contribution in [0.3, 0.4) is 0 Å². The molecule has 1 aromatic carbocycles. The fourth-order valence-electron chi connectivity index (χ4n) is 2.57. The van der Waals surface area contributed by atoms with Crippen molar-refractivity contribution in [3.8, 4) is 0 Å². The van der Waals surface area contributed by atoms with Gasteiger partial charge in [-0.2, -0.15) is 0 Å². The van der Waals surface area contributed by atoms with Crippen molar-refractivity contribution in [1.82, 2.24) is 4.57 Å². The van der Waals surface area contributed by atoms with E-state index >= 15 is 0 Å². The quantitative estimate of drug-likeness (QED) is 0.925. The average molecular weight is 263 g/mol. The van der Waals surface area contributed by atoms with Crippen LogP contribution in [0.4, 0.5) is 4.39 Å². The van der Waals surface area contributed by atoms with Crippen LogP contribution in [0.15, 0.2) is 30.5 Å². The molecule has 3 rings (SSSR count). The number of rotatable bonds is 3. The number of benzene rings is 1. The first-order chi connectivity index (χ1) is 9.13. The van der Waals surface area contributed by atoms with Crippen molar-refractivity contribution in [2.75, 3.05) is 0 Å². The molecule has 2 atom stereocenters. The molecule has 0 bridgehead atoms. The predicted octanol–water partition coefficient (Wildman–Crippen LogP) is 2.41. The van der Waals surface area contributed by atoms with Gasteiger partial charge >= 0.3 is 5.97 Å². The third-order valence-electron chi connectivity index (χ3n) is 3.52. The Bertz CT molecular complexity index is 622. The van der Waals surface area contributed by atoms with Gasteiger partial charge in [0, 0.05) is 23.6 Å². The molecular weight excluding hydrogens is 249 g/mol. The maximum Gasteiger partial charge on any atom is 0.332 e. The fraction of sp³-hybridized carbons (Fsp3) is 0.357. The largest absolute Gasteiger partial charge is 0.479 e. The molecule has 0 radical (unpaired) electrons. The van der Waals surface area contributed by atoms with Crippen LogP contribution in [0.25, 0.3) is 10.9 Å². The number of carboxylic acids is 1. The van der Waals surface area contributed by atoms with E-state index in [4.69, 9.17) is 9.84 Å². The van der Waals surface area contributed by atoms with Gasteiger partial charge < -0.3 is 14.4 Å². The van der Waals surface area contributed by atoms with Gasteiger partial charge in [-0.3, -0.25) is 0 Å². The monoisotopic (exact) mass is 263 g/mol. The van der Waals surface area contributed by atoms with Gasteiger partial charge in [0.05, 0.1) is 6.10 Å². The molecule has 2 aromatic rings. The van der Waals surface area contributed by atoms with Gasteiger partial charge in [0.15, 0.2) is 6.10 Å². The van der Waals surface area contributed by atoms with Crippen molar-refractivity contribution in [1.29, 1.82) is 0 Å². The fourth-order valence-corrected chi connectivity index (χ4v) is 2.57. The summed E-state index contributed by atoms with van der Waals surface area (Å²) < 4.78 is 20.5. The van der Waals surface area contributed by atoms with E-state index in [9.17, 15) is 9.18 Å². The summed E-state index contributed by atoms with van der Waals surface area (Å²) in [6.45, 7) is 0.596. The second-order valence-corrected chi connectivity index (χ2v) is 4.83. The van der Waals surface area contributed by atoms with Crippen LogP contribution in [0.1, 0.15) is 12.8 Å². The van der Waals surface area contributed by atoms with E-state index in [1.165, 1.54) is 12.1 Å². The van der Waals surface area contributed by atoms with E-state index in [1.807, 2.05) is 16.8 Å². The Balaban J connectivity index is 1.77. The Morgan fingerprint density at radius 2 is 2.26 bits per heavy atom. The molecule has 1 fully saturated rings. The number of ether oxygens (including phenoxy) is 1. The first-order valence-corrected chi connectivity index (χ1v) is 6.26. The van der Waals surface area contributed by atoms with Crippen molar-refractivity contribution in [3.63, 3.8) is 0 Å². The molecule has 1 aliphatic rings. The molecule has 4 nitrogen and oxygen atoms in total. The Labute approximate surface area is 109 Å². The smallest absolute Gasteiger partial charge is 0.332 e. The molecule has 0 saturated carbocycles. The van der Waals surface area contributed by atoms with Crippen molar-refractivity contribution < 1.29 is 19.0 Å². The SMILES string of the molecule is O=C(O)C1CCC(Cn2ccc3cc(F)ccc32)O1.